The molecule has 1 aliphatic heterocycles. The molecule has 2 aromatic carbocycles. The van der Waals surface area contributed by atoms with Crippen LogP contribution >= 0.6 is 0 Å². The van der Waals surface area contributed by atoms with E-state index < -0.39 is 15.7 Å². The van der Waals surface area contributed by atoms with Crippen molar-refractivity contribution >= 4 is 26.4 Å². The average molecular weight is 373 g/mol. The molecule has 0 unspecified atom stereocenters. The van der Waals surface area contributed by atoms with E-state index in [9.17, 15) is 12.8 Å². The molecule has 1 saturated heterocycles. The van der Waals surface area contributed by atoms with Crippen molar-refractivity contribution < 1.29 is 12.8 Å². The Hall–Kier alpha value is -2.38. The van der Waals surface area contributed by atoms with Crippen LogP contribution in [0.2, 0.25) is 0 Å². The van der Waals surface area contributed by atoms with Crippen LogP contribution in [0.4, 0.5) is 10.1 Å². The number of sulfone groups is 1. The highest BCUT2D eigenvalue weighted by Crippen LogP contribution is 2.35. The van der Waals surface area contributed by atoms with E-state index in [1.54, 1.807) is 12.3 Å². The fourth-order valence-corrected chi connectivity index (χ4v) is 5.14. The third-order valence-electron chi connectivity index (χ3n) is 4.82. The second kappa shape index (κ2) is 6.41. The molecule has 1 N–H and O–H groups in total. The lowest BCUT2D eigenvalue weighted by atomic mass is 10.2. The van der Waals surface area contributed by atoms with Crippen molar-refractivity contribution in [3.63, 3.8) is 0 Å². The third-order valence-corrected chi connectivity index (χ3v) is 6.63. The van der Waals surface area contributed by atoms with Crippen molar-refractivity contribution in [2.75, 3.05) is 31.1 Å². The van der Waals surface area contributed by atoms with Crippen molar-refractivity contribution in [1.29, 1.82) is 0 Å². The van der Waals surface area contributed by atoms with Gasteiger partial charge in [-0.15, -0.1) is 0 Å². The molecule has 0 amide bonds. The number of anilines is 1. The second-order valence-corrected chi connectivity index (χ2v) is 8.33. The number of rotatable bonds is 3. The molecular formula is C19H20FN3O2S. The standard InChI is InChI=1S/C19H20FN3O2S/c1-22-13-18(26(24,25)17-8-3-2-6-15(17)20)14-5-4-7-16(19(14)22)23-11-9-21-10-12-23/h2-8,13,21H,9-12H2,1H3. The number of nitrogens with zero attached hydrogens (tertiary/aromatic N) is 2. The Morgan fingerprint density at radius 3 is 2.46 bits per heavy atom. The minimum atomic E-state index is -3.95. The summed E-state index contributed by atoms with van der Waals surface area (Å²) >= 11 is 0. The molecule has 7 heteroatoms. The number of hydrogen-bond donors (Lipinski definition) is 1. The normalized spacial score (nSPS) is 15.5. The Morgan fingerprint density at radius 2 is 1.73 bits per heavy atom. The maximum atomic E-state index is 14.1. The molecule has 136 valence electrons. The molecule has 4 rings (SSSR count). The van der Waals surface area contributed by atoms with Gasteiger partial charge in [-0.1, -0.05) is 24.3 Å². The minimum Gasteiger partial charge on any atom is -0.367 e. The molecule has 0 radical (unpaired) electrons. The van der Waals surface area contributed by atoms with Crippen LogP contribution in [0.15, 0.2) is 58.5 Å². The summed E-state index contributed by atoms with van der Waals surface area (Å²) in [6.07, 6.45) is 1.58. The first-order valence-corrected chi connectivity index (χ1v) is 10.0. The van der Waals surface area contributed by atoms with E-state index in [0.717, 1.165) is 37.4 Å². The molecule has 1 fully saturated rings. The first-order chi connectivity index (χ1) is 12.5. The van der Waals surface area contributed by atoms with Crippen molar-refractivity contribution in [2.24, 2.45) is 7.05 Å². The van der Waals surface area contributed by atoms with Gasteiger partial charge in [0.15, 0.2) is 0 Å². The Morgan fingerprint density at radius 1 is 1.00 bits per heavy atom. The molecule has 0 saturated carbocycles. The van der Waals surface area contributed by atoms with Gasteiger partial charge in [-0.05, 0) is 18.2 Å². The van der Waals surface area contributed by atoms with Gasteiger partial charge in [0, 0.05) is 44.8 Å². The first kappa shape index (κ1) is 17.1. The topological polar surface area (TPSA) is 54.3 Å². The molecule has 26 heavy (non-hydrogen) atoms. The summed E-state index contributed by atoms with van der Waals surface area (Å²) in [6, 6.07) is 11.2. The number of benzene rings is 2. The maximum Gasteiger partial charge on any atom is 0.211 e. The predicted octanol–water partition coefficient (Wildman–Crippen LogP) is 2.56. The molecule has 0 atom stereocenters. The van der Waals surface area contributed by atoms with Gasteiger partial charge in [-0.3, -0.25) is 0 Å². The fourth-order valence-electron chi connectivity index (χ4n) is 3.57. The minimum absolute atomic E-state index is 0.136. The summed E-state index contributed by atoms with van der Waals surface area (Å²) in [4.78, 5) is 2.09. The van der Waals surface area contributed by atoms with E-state index in [0.29, 0.717) is 5.39 Å². The number of aromatic nitrogens is 1. The van der Waals surface area contributed by atoms with Crippen LogP contribution in [-0.4, -0.2) is 39.2 Å². The van der Waals surface area contributed by atoms with Crippen molar-refractivity contribution in [1.82, 2.24) is 9.88 Å². The predicted molar refractivity (Wildman–Crippen MR) is 99.9 cm³/mol. The summed E-state index contributed by atoms with van der Waals surface area (Å²) < 4.78 is 42.2. The molecule has 0 bridgehead atoms. The van der Waals surface area contributed by atoms with Gasteiger partial charge < -0.3 is 14.8 Å². The third kappa shape index (κ3) is 2.68. The maximum absolute atomic E-state index is 14.1. The van der Waals surface area contributed by atoms with Gasteiger partial charge >= 0.3 is 0 Å². The van der Waals surface area contributed by atoms with E-state index in [1.807, 2.05) is 23.7 Å². The molecule has 0 spiro atoms. The SMILES string of the molecule is Cn1cc(S(=O)(=O)c2ccccc2F)c2cccc(N3CCNCC3)c21. The van der Waals surface area contributed by atoms with E-state index >= 15 is 0 Å². The highest BCUT2D eigenvalue weighted by atomic mass is 32.2. The molecule has 1 aliphatic rings. The first-order valence-electron chi connectivity index (χ1n) is 8.53. The average Bonchev–Trinajstić information content (AvgIpc) is 3.00. The monoisotopic (exact) mass is 373 g/mol. The summed E-state index contributed by atoms with van der Waals surface area (Å²) in [5.41, 5.74) is 1.85. The van der Waals surface area contributed by atoms with Crippen LogP contribution in [0.5, 0.6) is 0 Å². The zero-order valence-electron chi connectivity index (χ0n) is 14.4. The van der Waals surface area contributed by atoms with Crippen molar-refractivity contribution in [3.05, 3.63) is 54.5 Å². The number of para-hydroxylation sites is 1. The Labute approximate surface area is 152 Å². The van der Waals surface area contributed by atoms with Crippen LogP contribution in [0.25, 0.3) is 10.9 Å². The van der Waals surface area contributed by atoms with Gasteiger partial charge in [0.2, 0.25) is 9.84 Å². The van der Waals surface area contributed by atoms with E-state index in [1.165, 1.54) is 24.3 Å². The quantitative estimate of drug-likeness (QED) is 0.767. The van der Waals surface area contributed by atoms with E-state index in [2.05, 4.69) is 10.2 Å². The fraction of sp³-hybridized carbons (Fsp3) is 0.263. The number of piperazine rings is 1. The van der Waals surface area contributed by atoms with Crippen LogP contribution in [0.1, 0.15) is 0 Å². The lowest BCUT2D eigenvalue weighted by Gasteiger charge is -2.30. The number of fused-ring (bicyclic) bond motifs is 1. The Kier molecular flexibility index (Phi) is 4.20. The highest BCUT2D eigenvalue weighted by molar-refractivity contribution is 7.91. The molecule has 3 aromatic rings. The summed E-state index contributed by atoms with van der Waals surface area (Å²) in [7, 11) is -2.12. The van der Waals surface area contributed by atoms with Crippen LogP contribution in [-0.2, 0) is 16.9 Å². The van der Waals surface area contributed by atoms with Crippen molar-refractivity contribution in [2.45, 2.75) is 9.79 Å². The van der Waals surface area contributed by atoms with Crippen molar-refractivity contribution in [3.8, 4) is 0 Å². The number of hydrogen-bond acceptors (Lipinski definition) is 4. The molecular weight excluding hydrogens is 353 g/mol. The highest BCUT2D eigenvalue weighted by Gasteiger charge is 2.27. The second-order valence-electron chi connectivity index (χ2n) is 6.45. The number of halogens is 1. The van der Waals surface area contributed by atoms with E-state index in [4.69, 9.17) is 0 Å². The van der Waals surface area contributed by atoms with Gasteiger partial charge in [0.05, 0.1) is 16.1 Å². The van der Waals surface area contributed by atoms with Crippen LogP contribution < -0.4 is 10.2 Å². The zero-order valence-corrected chi connectivity index (χ0v) is 15.3. The molecule has 1 aromatic heterocycles. The Balaban J connectivity index is 1.92. The molecule has 0 aliphatic carbocycles. The number of aryl methyl sites for hydroxylation is 1. The molecule has 2 heterocycles. The smallest absolute Gasteiger partial charge is 0.211 e. The Bertz CT molecular complexity index is 1070. The van der Waals surface area contributed by atoms with Gasteiger partial charge in [0.25, 0.3) is 0 Å². The van der Waals surface area contributed by atoms with Gasteiger partial charge in [-0.25, -0.2) is 12.8 Å². The summed E-state index contributed by atoms with van der Waals surface area (Å²) in [6.45, 7) is 3.50. The molecule has 5 nitrogen and oxygen atoms in total. The van der Waals surface area contributed by atoms with Crippen LogP contribution in [0, 0.1) is 5.82 Å². The zero-order chi connectivity index (χ0) is 18.3. The lowest BCUT2D eigenvalue weighted by Crippen LogP contribution is -2.43. The largest absolute Gasteiger partial charge is 0.367 e. The van der Waals surface area contributed by atoms with Crippen LogP contribution in [0.3, 0.4) is 0 Å². The van der Waals surface area contributed by atoms with Gasteiger partial charge in [-0.2, -0.15) is 0 Å². The van der Waals surface area contributed by atoms with Gasteiger partial charge in [0.1, 0.15) is 10.7 Å². The number of nitrogens with one attached hydrogen (secondary N) is 1. The van der Waals surface area contributed by atoms with E-state index in [-0.39, 0.29) is 9.79 Å². The lowest BCUT2D eigenvalue weighted by molar-refractivity contribution is 0.567. The summed E-state index contributed by atoms with van der Waals surface area (Å²) in [5.74, 6) is -0.734. The summed E-state index contributed by atoms with van der Waals surface area (Å²) in [5, 5.41) is 3.94.